The third-order valence-corrected chi connectivity index (χ3v) is 8.95. The Kier molecular flexibility index (Phi) is 7.13. The number of rotatable bonds is 8. The molecule has 1 fully saturated rings. The Hall–Kier alpha value is -3.64. The quantitative estimate of drug-likeness (QED) is 0.308. The Morgan fingerprint density at radius 3 is 2.56 bits per heavy atom. The minimum Gasteiger partial charge on any atom is -0.492 e. The predicted molar refractivity (Wildman–Crippen MR) is 155 cm³/mol. The summed E-state index contributed by atoms with van der Waals surface area (Å²) in [5.74, 6) is 1.02. The van der Waals surface area contributed by atoms with Gasteiger partial charge in [-0.1, -0.05) is 6.07 Å². The van der Waals surface area contributed by atoms with Crippen molar-refractivity contribution in [2.24, 2.45) is 0 Å². The zero-order valence-electron chi connectivity index (χ0n) is 21.7. The first-order valence-corrected chi connectivity index (χ1v) is 14.5. The number of anilines is 1. The summed E-state index contributed by atoms with van der Waals surface area (Å²) in [6.07, 6.45) is 1.33. The van der Waals surface area contributed by atoms with Crippen LogP contribution in [0.1, 0.15) is 12.5 Å². The molecule has 2 amide bonds. The molecule has 2 aliphatic heterocycles. The topological polar surface area (TPSA) is 99.7 Å². The van der Waals surface area contributed by atoms with Crippen molar-refractivity contribution in [3.05, 3.63) is 59.0 Å². The fourth-order valence-electron chi connectivity index (χ4n) is 4.74. The maximum Gasteiger partial charge on any atom is 0.275 e. The summed E-state index contributed by atoms with van der Waals surface area (Å²) in [5, 5.41) is 7.14. The van der Waals surface area contributed by atoms with Gasteiger partial charge in [-0.2, -0.15) is 5.01 Å². The average molecular weight is 561 g/mol. The molecule has 4 aromatic rings. The minimum atomic E-state index is -0.414. The Morgan fingerprint density at radius 1 is 1.08 bits per heavy atom. The molecule has 0 saturated carbocycles. The number of benzene rings is 1. The second-order valence-corrected chi connectivity index (χ2v) is 11.4. The molecular weight excluding hydrogens is 532 g/mol. The number of piperazine rings is 1. The zero-order valence-corrected chi connectivity index (χ0v) is 23.3. The van der Waals surface area contributed by atoms with Gasteiger partial charge < -0.3 is 10.1 Å². The number of nitrogens with zero attached hydrogens (tertiary/aromatic N) is 4. The van der Waals surface area contributed by atoms with Crippen LogP contribution in [-0.4, -0.2) is 71.0 Å². The number of ether oxygens (including phenoxy) is 1. The monoisotopic (exact) mass is 560 g/mol. The molecule has 3 aromatic heterocycles. The number of aryl methyl sites for hydroxylation is 1. The molecule has 5 heterocycles. The van der Waals surface area contributed by atoms with Crippen LogP contribution in [0, 0.1) is 6.92 Å². The second kappa shape index (κ2) is 10.9. The first-order chi connectivity index (χ1) is 19.0. The van der Waals surface area contributed by atoms with E-state index in [1.807, 2.05) is 36.6 Å². The molecule has 0 unspecified atom stereocenters. The van der Waals surface area contributed by atoms with Gasteiger partial charge in [-0.05, 0) is 60.7 Å². The first-order valence-electron chi connectivity index (χ1n) is 12.8. The number of imide groups is 1. The maximum atomic E-state index is 12.6. The van der Waals surface area contributed by atoms with E-state index in [9.17, 15) is 9.59 Å². The summed E-state index contributed by atoms with van der Waals surface area (Å²) in [5.41, 5.74) is 5.40. The van der Waals surface area contributed by atoms with E-state index in [4.69, 9.17) is 14.7 Å². The number of carbonyl (C=O) groups excluding carboxylic acids is 2. The third kappa shape index (κ3) is 5.18. The van der Waals surface area contributed by atoms with Gasteiger partial charge in [-0.15, -0.1) is 22.7 Å². The smallest absolute Gasteiger partial charge is 0.275 e. The van der Waals surface area contributed by atoms with Crippen molar-refractivity contribution in [1.29, 1.82) is 0 Å². The minimum absolute atomic E-state index is 0.384. The number of aromatic nitrogens is 2. The van der Waals surface area contributed by atoms with Gasteiger partial charge in [-0.25, -0.2) is 9.97 Å². The van der Waals surface area contributed by atoms with Gasteiger partial charge in [0.1, 0.15) is 17.2 Å². The summed E-state index contributed by atoms with van der Waals surface area (Å²) in [4.78, 5) is 39.8. The van der Waals surface area contributed by atoms with Crippen molar-refractivity contribution in [2.45, 2.75) is 13.8 Å². The molecule has 1 aromatic carbocycles. The summed E-state index contributed by atoms with van der Waals surface area (Å²) in [7, 11) is 0. The number of nitrogens with one attached hydrogen (secondary N) is 2. The maximum absolute atomic E-state index is 12.6. The van der Waals surface area contributed by atoms with E-state index in [1.165, 1.54) is 17.4 Å². The van der Waals surface area contributed by atoms with Gasteiger partial charge in [-0.3, -0.25) is 19.9 Å². The van der Waals surface area contributed by atoms with Gasteiger partial charge in [0.25, 0.3) is 11.8 Å². The van der Waals surface area contributed by atoms with Crippen LogP contribution < -0.4 is 15.5 Å². The predicted octanol–water partition coefficient (Wildman–Crippen LogP) is 4.32. The Morgan fingerprint density at radius 2 is 1.87 bits per heavy atom. The normalized spacial score (nSPS) is 16.3. The fourth-order valence-corrected chi connectivity index (χ4v) is 6.58. The van der Waals surface area contributed by atoms with Crippen molar-refractivity contribution in [3.63, 3.8) is 0 Å². The van der Waals surface area contributed by atoms with Crippen LogP contribution in [0.4, 0.5) is 5.82 Å². The van der Waals surface area contributed by atoms with Crippen LogP contribution in [-0.2, 0) is 9.59 Å². The van der Waals surface area contributed by atoms with Gasteiger partial charge >= 0.3 is 0 Å². The average Bonchev–Trinajstić information content (AvgIpc) is 3.66. The van der Waals surface area contributed by atoms with Gasteiger partial charge in [0.05, 0.1) is 10.3 Å². The van der Waals surface area contributed by atoms with Crippen molar-refractivity contribution >= 4 is 50.5 Å². The van der Waals surface area contributed by atoms with E-state index < -0.39 is 5.91 Å². The highest BCUT2D eigenvalue weighted by Crippen LogP contribution is 2.42. The third-order valence-electron chi connectivity index (χ3n) is 6.85. The Labute approximate surface area is 234 Å². The zero-order chi connectivity index (χ0) is 26.9. The largest absolute Gasteiger partial charge is 0.492 e. The van der Waals surface area contributed by atoms with E-state index in [0.717, 1.165) is 74.6 Å². The molecule has 11 heteroatoms. The van der Waals surface area contributed by atoms with Crippen LogP contribution in [0.5, 0.6) is 5.75 Å². The Bertz CT molecular complexity index is 1560. The Balaban J connectivity index is 1.29. The van der Waals surface area contributed by atoms with Crippen molar-refractivity contribution < 1.29 is 14.3 Å². The van der Waals surface area contributed by atoms with E-state index in [1.54, 1.807) is 18.3 Å². The molecule has 6 rings (SSSR count). The molecule has 9 nitrogen and oxygen atoms in total. The molecule has 0 radical (unpaired) electrons. The summed E-state index contributed by atoms with van der Waals surface area (Å²) in [6, 6.07) is 12.0. The van der Waals surface area contributed by atoms with E-state index in [-0.39, 0.29) is 5.91 Å². The second-order valence-electron chi connectivity index (χ2n) is 9.49. The van der Waals surface area contributed by atoms with E-state index in [0.29, 0.717) is 23.8 Å². The number of hydrazine groups is 1. The first kappa shape index (κ1) is 25.6. The fraction of sp³-hybridized carbons (Fsp3) is 0.286. The van der Waals surface area contributed by atoms with Crippen molar-refractivity contribution in [3.8, 4) is 26.9 Å². The number of carbonyl (C=O) groups is 2. The molecular formula is C28H28N6O3S2. The lowest BCUT2D eigenvalue weighted by Gasteiger charge is -2.26. The summed E-state index contributed by atoms with van der Waals surface area (Å²) >= 11 is 3.10. The van der Waals surface area contributed by atoms with Crippen LogP contribution in [0.15, 0.2) is 53.4 Å². The lowest BCUT2D eigenvalue weighted by Crippen LogP contribution is -2.44. The van der Waals surface area contributed by atoms with Crippen LogP contribution >= 0.6 is 22.7 Å². The highest BCUT2D eigenvalue weighted by atomic mass is 32.1. The molecule has 0 spiro atoms. The highest BCUT2D eigenvalue weighted by molar-refractivity contribution is 7.22. The molecule has 1 saturated heterocycles. The van der Waals surface area contributed by atoms with Gasteiger partial charge in [0, 0.05) is 49.3 Å². The van der Waals surface area contributed by atoms with Gasteiger partial charge in [0.15, 0.2) is 11.6 Å². The number of fused-ring (bicyclic) bond motifs is 1. The highest BCUT2D eigenvalue weighted by Gasteiger charge is 2.30. The van der Waals surface area contributed by atoms with Gasteiger partial charge in [0.2, 0.25) is 0 Å². The van der Waals surface area contributed by atoms with Crippen molar-refractivity contribution in [1.82, 2.24) is 25.2 Å². The van der Waals surface area contributed by atoms with E-state index >= 15 is 0 Å². The SMILES string of the molecule is CC1=CC(=O)N(Nc2nc(-c3cccs3)nc3sc(-c4ccc(OCCN5CCNCC5)cc4)c(C)c23)C1=O. The lowest BCUT2D eigenvalue weighted by molar-refractivity contribution is -0.135. The molecule has 39 heavy (non-hydrogen) atoms. The van der Waals surface area contributed by atoms with Crippen LogP contribution in [0.25, 0.3) is 31.4 Å². The molecule has 0 atom stereocenters. The van der Waals surface area contributed by atoms with Crippen molar-refractivity contribution in [2.75, 3.05) is 44.8 Å². The molecule has 0 bridgehead atoms. The number of hydrogen-bond donors (Lipinski definition) is 2. The molecule has 2 aliphatic rings. The molecule has 200 valence electrons. The number of hydrogen-bond acceptors (Lipinski definition) is 10. The van der Waals surface area contributed by atoms with Crippen LogP contribution in [0.2, 0.25) is 0 Å². The molecule has 2 N–H and O–H groups in total. The summed E-state index contributed by atoms with van der Waals surface area (Å²) < 4.78 is 6.00. The van der Waals surface area contributed by atoms with Crippen LogP contribution in [0.3, 0.4) is 0 Å². The van der Waals surface area contributed by atoms with E-state index in [2.05, 4.69) is 27.8 Å². The number of thiophene rings is 2. The lowest BCUT2D eigenvalue weighted by atomic mass is 10.1. The molecule has 0 aliphatic carbocycles. The standard InChI is InChI=1S/C28H28N6O3S2/c1-17-16-22(35)34(28(17)36)32-26-23-18(2)24(39-27(23)31-25(30-26)21-4-3-15-38-21)19-5-7-20(8-6-19)37-14-13-33-11-9-29-10-12-33/h3-8,15-16,29H,9-14H2,1-2H3,(H,30,31,32). The number of amides is 2. The summed E-state index contributed by atoms with van der Waals surface area (Å²) in [6.45, 7) is 9.37.